The van der Waals surface area contributed by atoms with Crippen molar-refractivity contribution in [3.05, 3.63) is 0 Å². The molecule has 0 rings (SSSR count). The topological polar surface area (TPSA) is 57.5 Å². The van der Waals surface area contributed by atoms with Gasteiger partial charge in [0.25, 0.3) is 0 Å². The molecular formula is C3H10GeO3. The van der Waals surface area contributed by atoms with Crippen molar-refractivity contribution in [2.75, 3.05) is 6.61 Å². The van der Waals surface area contributed by atoms with Crippen LogP contribution in [0.1, 0.15) is 6.42 Å². The Morgan fingerprint density at radius 1 is 1.57 bits per heavy atom. The van der Waals surface area contributed by atoms with Gasteiger partial charge in [-0.25, -0.2) is 0 Å². The van der Waals surface area contributed by atoms with Gasteiger partial charge in [0.05, 0.1) is 13.0 Å². The van der Waals surface area contributed by atoms with Crippen molar-refractivity contribution in [2.45, 2.75) is 6.42 Å². The van der Waals surface area contributed by atoms with Crippen LogP contribution in [0.15, 0.2) is 0 Å². The number of aliphatic hydroxyl groups excluding tert-OH is 1. The summed E-state index contributed by atoms with van der Waals surface area (Å²) in [6.45, 7) is -0.269. The van der Waals surface area contributed by atoms with Crippen LogP contribution in [0.3, 0.4) is 0 Å². The van der Waals surface area contributed by atoms with E-state index in [4.69, 9.17) is 10.2 Å². The van der Waals surface area contributed by atoms with Gasteiger partial charge >= 0.3 is 23.6 Å². The summed E-state index contributed by atoms with van der Waals surface area (Å²) in [5.74, 6) is -0.961. The molecule has 0 aliphatic heterocycles. The van der Waals surface area contributed by atoms with E-state index in [0.717, 1.165) is 0 Å². The number of hydrogen-bond donors (Lipinski definition) is 2. The van der Waals surface area contributed by atoms with Gasteiger partial charge in [0.1, 0.15) is 0 Å². The summed E-state index contributed by atoms with van der Waals surface area (Å²) in [4.78, 5) is 9.44. The summed E-state index contributed by atoms with van der Waals surface area (Å²) >= 11 is 0. The predicted octanol–water partition coefficient (Wildman–Crippen LogP) is -2.00. The first-order valence-corrected chi connectivity index (χ1v) is 1.60. The molecule has 7 heavy (non-hydrogen) atoms. The molecule has 0 aliphatic carbocycles. The van der Waals surface area contributed by atoms with Crippen molar-refractivity contribution in [3.63, 3.8) is 0 Å². The SMILES string of the molecule is O=C(O)CCO.[GeH4]. The number of carboxylic acid groups (broad SMARTS) is 1. The maximum absolute atomic E-state index is 9.44. The molecule has 0 aliphatic rings. The third kappa shape index (κ3) is 10.7. The summed E-state index contributed by atoms with van der Waals surface area (Å²) in [5, 5.41) is 15.6. The molecule has 0 atom stereocenters. The summed E-state index contributed by atoms with van der Waals surface area (Å²) in [5.41, 5.74) is 0. The van der Waals surface area contributed by atoms with Crippen molar-refractivity contribution in [2.24, 2.45) is 0 Å². The van der Waals surface area contributed by atoms with Crippen molar-refractivity contribution in [3.8, 4) is 0 Å². The van der Waals surface area contributed by atoms with Gasteiger partial charge in [0, 0.05) is 0 Å². The predicted molar refractivity (Wildman–Crippen MR) is 30.7 cm³/mol. The van der Waals surface area contributed by atoms with Gasteiger partial charge in [-0.2, -0.15) is 0 Å². The van der Waals surface area contributed by atoms with Gasteiger partial charge in [0.15, 0.2) is 0 Å². The molecule has 0 saturated heterocycles. The van der Waals surface area contributed by atoms with E-state index in [0.29, 0.717) is 0 Å². The number of aliphatic hydroxyl groups is 1. The van der Waals surface area contributed by atoms with Crippen molar-refractivity contribution in [1.82, 2.24) is 0 Å². The van der Waals surface area contributed by atoms with Crippen LogP contribution in [0.4, 0.5) is 0 Å². The van der Waals surface area contributed by atoms with E-state index in [1.807, 2.05) is 0 Å². The molecule has 0 heterocycles. The molecule has 0 aromatic carbocycles. The first-order valence-electron chi connectivity index (χ1n) is 1.60. The molecule has 2 N–H and O–H groups in total. The third-order valence-corrected chi connectivity index (χ3v) is 0.326. The first-order chi connectivity index (χ1) is 2.77. The Labute approximate surface area is 52.3 Å². The second kappa shape index (κ2) is 5.97. The fourth-order valence-electron chi connectivity index (χ4n) is 0.0956. The average Bonchev–Trinajstić information content (AvgIpc) is 1.35. The molecule has 0 spiro atoms. The summed E-state index contributed by atoms with van der Waals surface area (Å²) < 4.78 is 0. The van der Waals surface area contributed by atoms with E-state index in [9.17, 15) is 4.79 Å². The quantitative estimate of drug-likeness (QED) is 0.467. The van der Waals surface area contributed by atoms with Crippen LogP contribution in [-0.4, -0.2) is 40.4 Å². The summed E-state index contributed by atoms with van der Waals surface area (Å²) in [7, 11) is 0. The Morgan fingerprint density at radius 2 is 2.00 bits per heavy atom. The van der Waals surface area contributed by atoms with Gasteiger partial charge in [-0.1, -0.05) is 0 Å². The molecule has 0 unspecified atom stereocenters. The molecule has 3 nitrogen and oxygen atoms in total. The van der Waals surface area contributed by atoms with E-state index in [-0.39, 0.29) is 30.6 Å². The zero-order chi connectivity index (χ0) is 4.99. The van der Waals surface area contributed by atoms with E-state index in [1.165, 1.54) is 0 Å². The molecule has 0 bridgehead atoms. The Balaban J connectivity index is 0. The van der Waals surface area contributed by atoms with Crippen LogP contribution >= 0.6 is 0 Å². The molecule has 44 valence electrons. The molecule has 0 amide bonds. The Bertz CT molecular complexity index is 54.1. The number of rotatable bonds is 2. The summed E-state index contributed by atoms with van der Waals surface area (Å²) in [6, 6.07) is 0. The van der Waals surface area contributed by atoms with Crippen molar-refractivity contribution < 1.29 is 15.0 Å². The number of carbonyl (C=O) groups is 1. The van der Waals surface area contributed by atoms with Crippen LogP contribution in [0.5, 0.6) is 0 Å². The molecule has 0 aromatic rings. The Hall–Kier alpha value is -0.0271. The fraction of sp³-hybridized carbons (Fsp3) is 0.667. The maximum atomic E-state index is 9.44. The standard InChI is InChI=1S/C3H6O3.GeH4/c4-2-1-3(5)6;/h4H,1-2H2,(H,5,6);1H4. The normalized spacial score (nSPS) is 7.00. The minimum atomic E-state index is -0.961. The Kier molecular flexibility index (Phi) is 8.58. The number of hydrogen-bond acceptors (Lipinski definition) is 2. The first kappa shape index (κ1) is 10.1. The minimum absolute atomic E-state index is 0. The van der Waals surface area contributed by atoms with Gasteiger partial charge in [-0.05, 0) is 0 Å². The van der Waals surface area contributed by atoms with Crippen molar-refractivity contribution in [1.29, 1.82) is 0 Å². The van der Waals surface area contributed by atoms with E-state index in [2.05, 4.69) is 0 Å². The van der Waals surface area contributed by atoms with Gasteiger partial charge in [-0.15, -0.1) is 0 Å². The fourth-order valence-corrected chi connectivity index (χ4v) is 0.0956. The molecule has 0 aromatic heterocycles. The van der Waals surface area contributed by atoms with Gasteiger partial charge < -0.3 is 10.2 Å². The second-order valence-corrected chi connectivity index (χ2v) is 0.867. The van der Waals surface area contributed by atoms with Gasteiger partial charge in [-0.3, -0.25) is 4.79 Å². The van der Waals surface area contributed by atoms with Crippen LogP contribution in [0.25, 0.3) is 0 Å². The number of carboxylic acids is 1. The molecule has 0 radical (unpaired) electrons. The molecule has 0 fully saturated rings. The molecule has 0 saturated carbocycles. The zero-order valence-electron chi connectivity index (χ0n) is 3.22. The van der Waals surface area contributed by atoms with E-state index in [1.54, 1.807) is 0 Å². The second-order valence-electron chi connectivity index (χ2n) is 0.867. The van der Waals surface area contributed by atoms with E-state index < -0.39 is 5.97 Å². The summed E-state index contributed by atoms with van der Waals surface area (Å²) in [6.07, 6.45) is -0.153. The van der Waals surface area contributed by atoms with Crippen molar-refractivity contribution >= 4 is 23.6 Å². The monoisotopic (exact) mass is 168 g/mol. The molecular weight excluding hydrogens is 157 g/mol. The Morgan fingerprint density at radius 3 is 2.00 bits per heavy atom. The van der Waals surface area contributed by atoms with E-state index >= 15 is 0 Å². The number of aliphatic carboxylic acids is 1. The van der Waals surface area contributed by atoms with Crippen LogP contribution in [0.2, 0.25) is 0 Å². The van der Waals surface area contributed by atoms with Crippen LogP contribution < -0.4 is 0 Å². The molecule has 4 heteroatoms. The average molecular weight is 167 g/mol. The van der Waals surface area contributed by atoms with Crippen LogP contribution in [-0.2, 0) is 4.79 Å². The third-order valence-electron chi connectivity index (χ3n) is 0.326. The zero-order valence-corrected chi connectivity index (χ0v) is 3.22. The van der Waals surface area contributed by atoms with Crippen LogP contribution in [0, 0.1) is 0 Å². The van der Waals surface area contributed by atoms with Gasteiger partial charge in [0.2, 0.25) is 0 Å².